The van der Waals surface area contributed by atoms with E-state index in [-0.39, 0.29) is 10.8 Å². The molecule has 0 spiro atoms. The average Bonchev–Trinajstić information content (AvgIpc) is 3.07. The molecule has 130 valence electrons. The van der Waals surface area contributed by atoms with E-state index in [4.69, 9.17) is 0 Å². The summed E-state index contributed by atoms with van der Waals surface area (Å²) in [5.41, 5.74) is 1.12. The zero-order valence-electron chi connectivity index (χ0n) is 14.2. The van der Waals surface area contributed by atoms with Crippen LogP contribution in [0.2, 0.25) is 0 Å². The molecule has 25 heavy (non-hydrogen) atoms. The Kier molecular flexibility index (Phi) is 4.63. The summed E-state index contributed by atoms with van der Waals surface area (Å²) in [6.07, 6.45) is 1.53. The second-order valence-corrected chi connectivity index (χ2v) is 7.50. The molecule has 0 unspecified atom stereocenters. The molecule has 0 bridgehead atoms. The predicted molar refractivity (Wildman–Crippen MR) is 98.2 cm³/mol. The molecule has 2 aromatic carbocycles. The summed E-state index contributed by atoms with van der Waals surface area (Å²) >= 11 is 0. The maximum Gasteiger partial charge on any atom is 0.268 e. The molecule has 3 aromatic rings. The standard InChI is InChI=1S/C19H20N2O3S/c1-3-20(4-2)19(22)16-10-11-18-15(14-16)12-13-21(18)25(23,24)17-8-6-5-7-9-17/h5-14H,3-4H2,1-2H3. The van der Waals surface area contributed by atoms with E-state index in [1.165, 1.54) is 10.2 Å². The number of hydrogen-bond donors (Lipinski definition) is 0. The van der Waals surface area contributed by atoms with Gasteiger partial charge in [0.15, 0.2) is 0 Å². The van der Waals surface area contributed by atoms with Gasteiger partial charge in [0.2, 0.25) is 0 Å². The fraction of sp³-hybridized carbons (Fsp3) is 0.211. The van der Waals surface area contributed by atoms with E-state index in [9.17, 15) is 13.2 Å². The van der Waals surface area contributed by atoms with Gasteiger partial charge in [-0.1, -0.05) is 18.2 Å². The van der Waals surface area contributed by atoms with Gasteiger partial charge in [0.1, 0.15) is 0 Å². The number of amides is 1. The molecule has 6 heteroatoms. The second kappa shape index (κ2) is 6.72. The number of carbonyl (C=O) groups is 1. The molecule has 3 rings (SSSR count). The topological polar surface area (TPSA) is 59.4 Å². The Morgan fingerprint density at radius 3 is 2.32 bits per heavy atom. The Labute approximate surface area is 147 Å². The SMILES string of the molecule is CCN(CC)C(=O)c1ccc2c(ccn2S(=O)(=O)c2ccccc2)c1. The lowest BCUT2D eigenvalue weighted by molar-refractivity contribution is 0.0773. The van der Waals surface area contributed by atoms with Gasteiger partial charge in [-0.3, -0.25) is 4.79 Å². The molecule has 0 N–H and O–H groups in total. The molecule has 1 heterocycles. The van der Waals surface area contributed by atoms with Gasteiger partial charge in [0.25, 0.3) is 15.9 Å². The first kappa shape index (κ1) is 17.2. The van der Waals surface area contributed by atoms with Gasteiger partial charge < -0.3 is 4.90 Å². The van der Waals surface area contributed by atoms with Gasteiger partial charge in [-0.05, 0) is 50.2 Å². The van der Waals surface area contributed by atoms with Gasteiger partial charge in [0, 0.05) is 30.2 Å². The van der Waals surface area contributed by atoms with E-state index in [0.717, 1.165) is 5.39 Å². The predicted octanol–water partition coefficient (Wildman–Crippen LogP) is 3.36. The van der Waals surface area contributed by atoms with Gasteiger partial charge in [-0.2, -0.15) is 0 Å². The van der Waals surface area contributed by atoms with Crippen LogP contribution in [0.5, 0.6) is 0 Å². The Morgan fingerprint density at radius 1 is 1.00 bits per heavy atom. The van der Waals surface area contributed by atoms with Crippen molar-refractivity contribution in [3.63, 3.8) is 0 Å². The van der Waals surface area contributed by atoms with Crippen LogP contribution in [0, 0.1) is 0 Å². The van der Waals surface area contributed by atoms with Crippen molar-refractivity contribution < 1.29 is 13.2 Å². The van der Waals surface area contributed by atoms with Gasteiger partial charge in [-0.15, -0.1) is 0 Å². The highest BCUT2D eigenvalue weighted by molar-refractivity contribution is 7.90. The third-order valence-corrected chi connectivity index (χ3v) is 5.96. The summed E-state index contributed by atoms with van der Waals surface area (Å²) in [7, 11) is -3.66. The lowest BCUT2D eigenvalue weighted by Gasteiger charge is -2.18. The second-order valence-electron chi connectivity index (χ2n) is 5.68. The molecule has 1 amide bonds. The summed E-state index contributed by atoms with van der Waals surface area (Å²) in [4.78, 5) is 14.4. The number of nitrogens with zero attached hydrogens (tertiary/aromatic N) is 2. The number of fused-ring (bicyclic) bond motifs is 1. The number of carbonyl (C=O) groups excluding carboxylic acids is 1. The van der Waals surface area contributed by atoms with Crippen molar-refractivity contribution in [2.45, 2.75) is 18.7 Å². The maximum absolute atomic E-state index is 12.8. The van der Waals surface area contributed by atoms with Crippen LogP contribution in [-0.2, 0) is 10.0 Å². The fourth-order valence-electron chi connectivity index (χ4n) is 2.86. The zero-order valence-corrected chi connectivity index (χ0v) is 15.0. The minimum absolute atomic E-state index is 0.0504. The van der Waals surface area contributed by atoms with E-state index < -0.39 is 10.0 Å². The Hall–Kier alpha value is -2.60. The molecule has 0 radical (unpaired) electrons. The van der Waals surface area contributed by atoms with Crippen LogP contribution in [0.1, 0.15) is 24.2 Å². The number of rotatable bonds is 5. The highest BCUT2D eigenvalue weighted by atomic mass is 32.2. The molecule has 0 fully saturated rings. The average molecular weight is 356 g/mol. The summed E-state index contributed by atoms with van der Waals surface area (Å²) in [5.74, 6) is -0.0504. The first-order valence-corrected chi connectivity index (χ1v) is 9.64. The number of aromatic nitrogens is 1. The summed E-state index contributed by atoms with van der Waals surface area (Å²) in [6, 6.07) is 15.1. The minimum atomic E-state index is -3.66. The van der Waals surface area contributed by atoms with Crippen LogP contribution in [0.4, 0.5) is 0 Å². The summed E-state index contributed by atoms with van der Waals surface area (Å²) in [5, 5.41) is 0.720. The first-order chi connectivity index (χ1) is 12.0. The van der Waals surface area contributed by atoms with Crippen LogP contribution in [-0.4, -0.2) is 36.3 Å². The molecule has 0 aliphatic rings. The molecule has 0 saturated heterocycles. The molecule has 1 aromatic heterocycles. The van der Waals surface area contributed by atoms with E-state index in [1.807, 2.05) is 13.8 Å². The fourth-order valence-corrected chi connectivity index (χ4v) is 4.23. The highest BCUT2D eigenvalue weighted by Crippen LogP contribution is 2.23. The van der Waals surface area contributed by atoms with Crippen LogP contribution in [0.25, 0.3) is 10.9 Å². The Bertz CT molecular complexity index is 1000. The largest absolute Gasteiger partial charge is 0.339 e. The monoisotopic (exact) mass is 356 g/mol. The third-order valence-electron chi connectivity index (χ3n) is 4.25. The van der Waals surface area contributed by atoms with Crippen molar-refractivity contribution in [3.8, 4) is 0 Å². The van der Waals surface area contributed by atoms with Crippen LogP contribution in [0.15, 0.2) is 65.7 Å². The Balaban J connectivity index is 2.06. The summed E-state index contributed by atoms with van der Waals surface area (Å²) < 4.78 is 26.9. The van der Waals surface area contributed by atoms with Crippen molar-refractivity contribution in [3.05, 3.63) is 66.4 Å². The molecule has 0 aliphatic carbocycles. The van der Waals surface area contributed by atoms with Crippen LogP contribution < -0.4 is 0 Å². The van der Waals surface area contributed by atoms with Gasteiger partial charge >= 0.3 is 0 Å². The van der Waals surface area contributed by atoms with Crippen molar-refractivity contribution in [2.24, 2.45) is 0 Å². The normalized spacial score (nSPS) is 11.6. The van der Waals surface area contributed by atoms with Crippen molar-refractivity contribution in [1.82, 2.24) is 8.87 Å². The van der Waals surface area contributed by atoms with Crippen molar-refractivity contribution in [1.29, 1.82) is 0 Å². The van der Waals surface area contributed by atoms with E-state index in [2.05, 4.69) is 0 Å². The van der Waals surface area contributed by atoms with Crippen LogP contribution in [0.3, 0.4) is 0 Å². The van der Waals surface area contributed by atoms with E-state index >= 15 is 0 Å². The zero-order chi connectivity index (χ0) is 18.0. The maximum atomic E-state index is 12.8. The van der Waals surface area contributed by atoms with Gasteiger partial charge in [0.05, 0.1) is 10.4 Å². The number of benzene rings is 2. The van der Waals surface area contributed by atoms with E-state index in [1.54, 1.807) is 59.5 Å². The lowest BCUT2D eigenvalue weighted by Crippen LogP contribution is -2.30. The Morgan fingerprint density at radius 2 is 1.68 bits per heavy atom. The molecule has 0 saturated carbocycles. The van der Waals surface area contributed by atoms with E-state index in [0.29, 0.717) is 24.2 Å². The number of hydrogen-bond acceptors (Lipinski definition) is 3. The highest BCUT2D eigenvalue weighted by Gasteiger charge is 2.19. The smallest absolute Gasteiger partial charge is 0.268 e. The third kappa shape index (κ3) is 3.05. The molecule has 0 atom stereocenters. The molecular formula is C19H20N2O3S. The first-order valence-electron chi connectivity index (χ1n) is 8.20. The quantitative estimate of drug-likeness (QED) is 0.704. The molecule has 5 nitrogen and oxygen atoms in total. The van der Waals surface area contributed by atoms with Crippen molar-refractivity contribution >= 4 is 26.8 Å². The minimum Gasteiger partial charge on any atom is -0.339 e. The van der Waals surface area contributed by atoms with Gasteiger partial charge in [-0.25, -0.2) is 12.4 Å². The summed E-state index contributed by atoms with van der Waals surface area (Å²) in [6.45, 7) is 5.14. The molecule has 0 aliphatic heterocycles. The van der Waals surface area contributed by atoms with Crippen LogP contribution >= 0.6 is 0 Å². The van der Waals surface area contributed by atoms with Crippen molar-refractivity contribution in [2.75, 3.05) is 13.1 Å². The lowest BCUT2D eigenvalue weighted by atomic mass is 10.1. The molecular weight excluding hydrogens is 336 g/mol.